The summed E-state index contributed by atoms with van der Waals surface area (Å²) in [5, 5.41) is 0. The topological polar surface area (TPSA) is 78.1 Å². The van der Waals surface area contributed by atoms with Gasteiger partial charge >= 0.3 is 0 Å². The van der Waals surface area contributed by atoms with Gasteiger partial charge in [-0.2, -0.15) is 0 Å². The number of halogens is 3. The summed E-state index contributed by atoms with van der Waals surface area (Å²) in [5.74, 6) is 0. The molecule has 6 N–H and O–H groups in total. The smallest absolute Gasteiger partial charge is 0.0507 e. The van der Waals surface area contributed by atoms with Crippen LogP contribution in [0.3, 0.4) is 0 Å². The Labute approximate surface area is 112 Å². The van der Waals surface area contributed by atoms with E-state index in [9.17, 15) is 0 Å². The minimum Gasteiger partial charge on any atom is -0.398 e. The van der Waals surface area contributed by atoms with Crippen LogP contribution in [0.1, 0.15) is 18.0 Å². The third-order valence-corrected chi connectivity index (χ3v) is 3.12. The minimum atomic E-state index is -0.103. The van der Waals surface area contributed by atoms with Gasteiger partial charge in [0.25, 0.3) is 0 Å². The summed E-state index contributed by atoms with van der Waals surface area (Å²) in [4.78, 5) is 0. The lowest BCUT2D eigenvalue weighted by Gasteiger charge is -2.15. The van der Waals surface area contributed by atoms with Crippen LogP contribution in [0, 0.1) is 0 Å². The van der Waals surface area contributed by atoms with Gasteiger partial charge < -0.3 is 17.2 Å². The van der Waals surface area contributed by atoms with Gasteiger partial charge in [-0.25, -0.2) is 0 Å². The molecular formula is C9H14Br2ClN3. The molecule has 1 rings (SSSR count). The first-order valence-electron chi connectivity index (χ1n) is 4.26. The molecule has 0 spiro atoms. The third-order valence-electron chi connectivity index (χ3n) is 2.00. The average molecular weight is 359 g/mol. The number of rotatable bonds is 3. The highest BCUT2D eigenvalue weighted by atomic mass is 79.9. The molecule has 0 bridgehead atoms. The number of nitrogen functional groups attached to an aromatic ring is 1. The molecule has 6 heteroatoms. The Hall–Kier alpha value is 0.190. The maximum absolute atomic E-state index is 5.94. The van der Waals surface area contributed by atoms with Crippen molar-refractivity contribution >= 4 is 50.0 Å². The lowest BCUT2D eigenvalue weighted by Crippen LogP contribution is -2.17. The minimum absolute atomic E-state index is 0. The fraction of sp³-hybridized carbons (Fsp3) is 0.333. The molecule has 0 amide bonds. The zero-order valence-electron chi connectivity index (χ0n) is 8.04. The molecule has 0 unspecified atom stereocenters. The lowest BCUT2D eigenvalue weighted by atomic mass is 10.0. The summed E-state index contributed by atoms with van der Waals surface area (Å²) in [6.07, 6.45) is 0.729. The largest absolute Gasteiger partial charge is 0.398 e. The highest BCUT2D eigenvalue weighted by molar-refractivity contribution is 9.11. The summed E-state index contributed by atoms with van der Waals surface area (Å²) < 4.78 is 1.82. The van der Waals surface area contributed by atoms with E-state index >= 15 is 0 Å². The van der Waals surface area contributed by atoms with Crippen molar-refractivity contribution in [1.29, 1.82) is 0 Å². The second-order valence-corrected chi connectivity index (χ2v) is 4.84. The molecule has 0 aliphatic carbocycles. The Morgan fingerprint density at radius 3 is 2.40 bits per heavy atom. The standard InChI is InChI=1S/C9H13Br2N3.ClH/c10-5-3-6(8(13)1-2-12)9(14)7(11)4-5;/h3-4,8H,1-2,12-14H2;1H/t8-;/m0./s1. The Morgan fingerprint density at radius 1 is 1.27 bits per heavy atom. The van der Waals surface area contributed by atoms with E-state index in [1.54, 1.807) is 0 Å². The third kappa shape index (κ3) is 3.92. The van der Waals surface area contributed by atoms with Crippen LogP contribution < -0.4 is 17.2 Å². The van der Waals surface area contributed by atoms with Gasteiger partial charge in [0.05, 0.1) is 5.69 Å². The van der Waals surface area contributed by atoms with E-state index in [0.717, 1.165) is 20.9 Å². The van der Waals surface area contributed by atoms with Crippen LogP contribution in [0.4, 0.5) is 5.69 Å². The molecule has 1 atom stereocenters. The zero-order chi connectivity index (χ0) is 10.7. The van der Waals surface area contributed by atoms with Crippen LogP contribution >= 0.6 is 44.3 Å². The van der Waals surface area contributed by atoms with Gasteiger partial charge in [0.1, 0.15) is 0 Å². The second-order valence-electron chi connectivity index (χ2n) is 3.07. The lowest BCUT2D eigenvalue weighted by molar-refractivity contribution is 0.662. The number of anilines is 1. The van der Waals surface area contributed by atoms with Crippen molar-refractivity contribution in [1.82, 2.24) is 0 Å². The summed E-state index contributed by atoms with van der Waals surface area (Å²) in [6.45, 7) is 0.560. The summed E-state index contributed by atoms with van der Waals surface area (Å²) in [6, 6.07) is 3.72. The van der Waals surface area contributed by atoms with Crippen LogP contribution in [0.15, 0.2) is 21.1 Å². The average Bonchev–Trinajstić information content (AvgIpc) is 2.11. The summed E-state index contributed by atoms with van der Waals surface area (Å²) in [5.41, 5.74) is 18.9. The molecule has 15 heavy (non-hydrogen) atoms. The van der Waals surface area contributed by atoms with E-state index in [4.69, 9.17) is 17.2 Å². The first-order chi connectivity index (χ1) is 6.56. The molecule has 0 heterocycles. The van der Waals surface area contributed by atoms with E-state index in [0.29, 0.717) is 12.2 Å². The Bertz CT molecular complexity index is 333. The van der Waals surface area contributed by atoms with Gasteiger partial charge in [-0.3, -0.25) is 0 Å². The van der Waals surface area contributed by atoms with Gasteiger partial charge in [-0.05, 0) is 46.6 Å². The van der Waals surface area contributed by atoms with E-state index in [1.807, 2.05) is 12.1 Å². The summed E-state index contributed by atoms with van der Waals surface area (Å²) in [7, 11) is 0. The normalized spacial score (nSPS) is 12.0. The Balaban J connectivity index is 0.00000196. The molecule has 0 aromatic heterocycles. The molecular weight excluding hydrogens is 345 g/mol. The van der Waals surface area contributed by atoms with Gasteiger partial charge in [-0.1, -0.05) is 15.9 Å². The predicted molar refractivity (Wildman–Crippen MR) is 74.1 cm³/mol. The first kappa shape index (κ1) is 15.2. The molecule has 0 aliphatic heterocycles. The number of hydrogen-bond donors (Lipinski definition) is 3. The van der Waals surface area contributed by atoms with Crippen LogP contribution in [-0.4, -0.2) is 6.54 Å². The maximum Gasteiger partial charge on any atom is 0.0507 e. The molecule has 1 aromatic carbocycles. The quantitative estimate of drug-likeness (QED) is 0.726. The van der Waals surface area contributed by atoms with Crippen LogP contribution in [0.5, 0.6) is 0 Å². The maximum atomic E-state index is 5.94. The van der Waals surface area contributed by atoms with Crippen molar-refractivity contribution in [2.45, 2.75) is 12.5 Å². The molecule has 1 aromatic rings. The fourth-order valence-corrected chi connectivity index (χ4v) is 2.50. The molecule has 86 valence electrons. The van der Waals surface area contributed by atoms with Crippen molar-refractivity contribution in [3.63, 3.8) is 0 Å². The van der Waals surface area contributed by atoms with Crippen LogP contribution in [0.25, 0.3) is 0 Å². The number of nitrogens with two attached hydrogens (primary N) is 3. The SMILES string of the molecule is Cl.NCC[C@H](N)c1cc(Br)cc(Br)c1N. The van der Waals surface area contributed by atoms with Crippen molar-refractivity contribution in [3.8, 4) is 0 Å². The monoisotopic (exact) mass is 357 g/mol. The Kier molecular flexibility index (Phi) is 6.79. The second kappa shape index (κ2) is 6.70. The van der Waals surface area contributed by atoms with Crippen molar-refractivity contribution in [3.05, 3.63) is 26.6 Å². The van der Waals surface area contributed by atoms with Crippen LogP contribution in [-0.2, 0) is 0 Å². The molecule has 0 saturated carbocycles. The highest BCUT2D eigenvalue weighted by Gasteiger charge is 2.11. The number of benzene rings is 1. The first-order valence-corrected chi connectivity index (χ1v) is 5.85. The molecule has 3 nitrogen and oxygen atoms in total. The summed E-state index contributed by atoms with van der Waals surface area (Å²) >= 11 is 6.77. The van der Waals surface area contributed by atoms with Crippen molar-refractivity contribution < 1.29 is 0 Å². The Morgan fingerprint density at radius 2 is 1.87 bits per heavy atom. The van der Waals surface area contributed by atoms with E-state index in [2.05, 4.69) is 31.9 Å². The van der Waals surface area contributed by atoms with E-state index in [1.165, 1.54) is 0 Å². The zero-order valence-corrected chi connectivity index (χ0v) is 12.0. The van der Waals surface area contributed by atoms with Crippen molar-refractivity contribution in [2.24, 2.45) is 11.5 Å². The van der Waals surface area contributed by atoms with Gasteiger partial charge in [0, 0.05) is 15.0 Å². The number of hydrogen-bond acceptors (Lipinski definition) is 3. The molecule has 0 fully saturated rings. The van der Waals surface area contributed by atoms with Gasteiger partial charge in [-0.15, -0.1) is 12.4 Å². The highest BCUT2D eigenvalue weighted by Crippen LogP contribution is 2.31. The van der Waals surface area contributed by atoms with E-state index in [-0.39, 0.29) is 18.4 Å². The molecule has 0 aliphatic rings. The van der Waals surface area contributed by atoms with Crippen molar-refractivity contribution in [2.75, 3.05) is 12.3 Å². The molecule has 0 saturated heterocycles. The van der Waals surface area contributed by atoms with Gasteiger partial charge in [0.2, 0.25) is 0 Å². The molecule has 0 radical (unpaired) electrons. The van der Waals surface area contributed by atoms with E-state index < -0.39 is 0 Å². The van der Waals surface area contributed by atoms with Gasteiger partial charge in [0.15, 0.2) is 0 Å². The fourth-order valence-electron chi connectivity index (χ4n) is 1.25. The predicted octanol–water partition coefficient (Wildman–Crippen LogP) is 2.56. The van der Waals surface area contributed by atoms with Crippen LogP contribution in [0.2, 0.25) is 0 Å².